The van der Waals surface area contributed by atoms with E-state index in [-0.39, 0.29) is 0 Å². The van der Waals surface area contributed by atoms with Gasteiger partial charge in [0.25, 0.3) is 0 Å². The van der Waals surface area contributed by atoms with Gasteiger partial charge in [0.2, 0.25) is 0 Å². The number of nitrogens with one attached hydrogen (secondary N) is 1. The summed E-state index contributed by atoms with van der Waals surface area (Å²) < 4.78 is 0.627. The van der Waals surface area contributed by atoms with Gasteiger partial charge in [-0.2, -0.15) is 0 Å². The highest BCUT2D eigenvalue weighted by Crippen LogP contribution is 2.36. The van der Waals surface area contributed by atoms with Crippen molar-refractivity contribution in [2.75, 3.05) is 0 Å². The van der Waals surface area contributed by atoms with Gasteiger partial charge in [0.1, 0.15) is 4.64 Å². The van der Waals surface area contributed by atoms with Gasteiger partial charge in [-0.25, -0.2) is 4.98 Å². The highest BCUT2D eigenvalue weighted by atomic mass is 32.1. The molecule has 0 spiro atoms. The van der Waals surface area contributed by atoms with E-state index in [1.54, 1.807) is 6.33 Å². The lowest BCUT2D eigenvalue weighted by atomic mass is 9.80. The molecule has 1 N–H and O–H groups in total. The lowest BCUT2D eigenvalue weighted by Crippen LogP contribution is -2.08. The van der Waals surface area contributed by atoms with Crippen LogP contribution in [0.25, 0.3) is 11.3 Å². The average Bonchev–Trinajstić information content (AvgIpc) is 2.28. The molecule has 1 aliphatic carbocycles. The normalized spacial score (nSPS) is 15.5. The smallest absolute Gasteiger partial charge is 0.130 e. The van der Waals surface area contributed by atoms with Crippen molar-refractivity contribution in [3.8, 4) is 11.3 Å². The van der Waals surface area contributed by atoms with Crippen LogP contribution in [0, 0.1) is 4.64 Å². The number of rotatable bonds is 2. The largest absolute Gasteiger partial charge is 0.346 e. The van der Waals surface area contributed by atoms with Gasteiger partial charge < -0.3 is 4.98 Å². The van der Waals surface area contributed by atoms with Crippen LogP contribution in [0.4, 0.5) is 0 Å². The highest BCUT2D eigenvalue weighted by molar-refractivity contribution is 7.71. The van der Waals surface area contributed by atoms with E-state index < -0.39 is 0 Å². The molecule has 2 aromatic rings. The second-order valence-corrected chi connectivity index (χ2v) is 4.97. The average molecular weight is 242 g/mol. The second-order valence-electron chi connectivity index (χ2n) is 4.55. The topological polar surface area (TPSA) is 28.7 Å². The third-order valence-corrected chi connectivity index (χ3v) is 3.70. The standard InChI is InChI=1S/C14H14N2S/c17-14-8-13(15-9-16-14)12-6-4-11(5-7-12)10-2-1-3-10/h4-10H,1-3H2,(H,15,16,17). The maximum Gasteiger partial charge on any atom is 0.130 e. The van der Waals surface area contributed by atoms with Gasteiger partial charge >= 0.3 is 0 Å². The molecule has 1 heterocycles. The number of hydrogen-bond donors (Lipinski definition) is 1. The molecule has 0 aliphatic heterocycles. The summed E-state index contributed by atoms with van der Waals surface area (Å²) in [5.41, 5.74) is 3.67. The van der Waals surface area contributed by atoms with Gasteiger partial charge in [-0.1, -0.05) is 42.9 Å². The van der Waals surface area contributed by atoms with E-state index in [0.29, 0.717) is 4.64 Å². The molecule has 1 aromatic heterocycles. The first kappa shape index (κ1) is 10.7. The molecular weight excluding hydrogens is 228 g/mol. The molecule has 1 saturated carbocycles. The molecule has 1 fully saturated rings. The van der Waals surface area contributed by atoms with Crippen molar-refractivity contribution in [2.24, 2.45) is 0 Å². The summed E-state index contributed by atoms with van der Waals surface area (Å²) in [6.45, 7) is 0. The van der Waals surface area contributed by atoms with E-state index in [2.05, 4.69) is 34.2 Å². The molecule has 3 rings (SSSR count). The molecule has 0 amide bonds. The lowest BCUT2D eigenvalue weighted by molar-refractivity contribution is 0.420. The fourth-order valence-electron chi connectivity index (χ4n) is 2.21. The Morgan fingerprint density at radius 2 is 1.94 bits per heavy atom. The van der Waals surface area contributed by atoms with Crippen LogP contribution >= 0.6 is 12.2 Å². The third kappa shape index (κ3) is 2.15. The Labute approximate surface area is 106 Å². The monoisotopic (exact) mass is 242 g/mol. The van der Waals surface area contributed by atoms with Crippen LogP contribution in [0.15, 0.2) is 36.7 Å². The summed E-state index contributed by atoms with van der Waals surface area (Å²) >= 11 is 5.06. The zero-order valence-electron chi connectivity index (χ0n) is 9.52. The van der Waals surface area contributed by atoms with Crippen LogP contribution in [0.2, 0.25) is 0 Å². The van der Waals surface area contributed by atoms with Gasteiger partial charge in [-0.3, -0.25) is 0 Å². The fourth-order valence-corrected chi connectivity index (χ4v) is 2.38. The predicted molar refractivity (Wildman–Crippen MR) is 71.4 cm³/mol. The van der Waals surface area contributed by atoms with Crippen LogP contribution in [-0.2, 0) is 0 Å². The highest BCUT2D eigenvalue weighted by Gasteiger charge is 2.18. The Hall–Kier alpha value is -1.48. The number of aromatic nitrogens is 2. The molecule has 0 atom stereocenters. The molecule has 17 heavy (non-hydrogen) atoms. The van der Waals surface area contributed by atoms with Gasteiger partial charge in [0.15, 0.2) is 0 Å². The summed E-state index contributed by atoms with van der Waals surface area (Å²) in [5, 5.41) is 0. The zero-order valence-corrected chi connectivity index (χ0v) is 10.3. The Balaban J connectivity index is 1.91. The molecule has 1 aromatic carbocycles. The van der Waals surface area contributed by atoms with Crippen molar-refractivity contribution in [1.29, 1.82) is 0 Å². The first-order valence-corrected chi connectivity index (χ1v) is 6.39. The minimum Gasteiger partial charge on any atom is -0.346 e. The Bertz CT molecular complexity index is 567. The molecular formula is C14H14N2S. The summed E-state index contributed by atoms with van der Waals surface area (Å²) in [7, 11) is 0. The molecule has 86 valence electrons. The molecule has 1 aliphatic rings. The third-order valence-electron chi connectivity index (χ3n) is 3.48. The maximum absolute atomic E-state index is 5.06. The maximum atomic E-state index is 5.06. The van der Waals surface area contributed by atoms with Crippen molar-refractivity contribution in [3.05, 3.63) is 46.9 Å². The van der Waals surface area contributed by atoms with E-state index in [1.165, 1.54) is 30.4 Å². The second kappa shape index (κ2) is 4.41. The van der Waals surface area contributed by atoms with Crippen molar-refractivity contribution in [1.82, 2.24) is 9.97 Å². The number of benzene rings is 1. The molecule has 0 unspecified atom stereocenters. The fraction of sp³-hybridized carbons (Fsp3) is 0.286. The number of H-pyrrole nitrogens is 1. The Morgan fingerprint density at radius 3 is 2.53 bits per heavy atom. The van der Waals surface area contributed by atoms with Crippen molar-refractivity contribution >= 4 is 12.2 Å². The van der Waals surface area contributed by atoms with Crippen molar-refractivity contribution in [3.63, 3.8) is 0 Å². The zero-order chi connectivity index (χ0) is 11.7. The van der Waals surface area contributed by atoms with E-state index in [1.807, 2.05) is 6.07 Å². The Kier molecular flexibility index (Phi) is 2.77. The van der Waals surface area contributed by atoms with Crippen molar-refractivity contribution < 1.29 is 0 Å². The van der Waals surface area contributed by atoms with Gasteiger partial charge in [0.05, 0.1) is 6.33 Å². The summed E-state index contributed by atoms with van der Waals surface area (Å²) in [4.78, 5) is 7.12. The number of nitrogens with zero attached hydrogens (tertiary/aromatic N) is 1. The molecule has 0 saturated heterocycles. The minimum atomic E-state index is 0.627. The van der Waals surface area contributed by atoms with E-state index in [4.69, 9.17) is 12.2 Å². The van der Waals surface area contributed by atoms with Gasteiger partial charge in [-0.15, -0.1) is 0 Å². The van der Waals surface area contributed by atoms with E-state index in [0.717, 1.165) is 11.6 Å². The summed E-state index contributed by atoms with van der Waals surface area (Å²) in [6.07, 6.45) is 5.72. The molecule has 0 bridgehead atoms. The lowest BCUT2D eigenvalue weighted by Gasteiger charge is -2.25. The van der Waals surface area contributed by atoms with Gasteiger partial charge in [-0.05, 0) is 36.0 Å². The van der Waals surface area contributed by atoms with Crippen LogP contribution in [0.1, 0.15) is 30.7 Å². The summed E-state index contributed by atoms with van der Waals surface area (Å²) in [6, 6.07) is 10.7. The molecule has 0 radical (unpaired) electrons. The summed E-state index contributed by atoms with van der Waals surface area (Å²) in [5.74, 6) is 0.792. The van der Waals surface area contributed by atoms with Crippen LogP contribution in [0.3, 0.4) is 0 Å². The number of hydrogen-bond acceptors (Lipinski definition) is 2. The predicted octanol–water partition coefficient (Wildman–Crippen LogP) is 4.07. The van der Waals surface area contributed by atoms with Crippen LogP contribution < -0.4 is 0 Å². The van der Waals surface area contributed by atoms with Crippen LogP contribution in [0.5, 0.6) is 0 Å². The first-order valence-electron chi connectivity index (χ1n) is 5.98. The number of aromatic amines is 1. The Morgan fingerprint density at radius 1 is 1.18 bits per heavy atom. The minimum absolute atomic E-state index is 0.627. The molecule has 3 heteroatoms. The van der Waals surface area contributed by atoms with E-state index in [9.17, 15) is 0 Å². The molecule has 2 nitrogen and oxygen atoms in total. The quantitative estimate of drug-likeness (QED) is 0.804. The SMILES string of the molecule is S=c1cc(-c2ccc(C3CCC3)cc2)[nH]cn1. The van der Waals surface area contributed by atoms with Crippen LogP contribution in [-0.4, -0.2) is 9.97 Å². The van der Waals surface area contributed by atoms with E-state index >= 15 is 0 Å². The van der Waals surface area contributed by atoms with Gasteiger partial charge in [0, 0.05) is 5.69 Å². The van der Waals surface area contributed by atoms with Crippen molar-refractivity contribution in [2.45, 2.75) is 25.2 Å². The first-order chi connectivity index (χ1) is 8.33.